The third-order valence-electron chi connectivity index (χ3n) is 7.30. The Labute approximate surface area is 230 Å². The van der Waals surface area contributed by atoms with Crippen LogP contribution < -0.4 is 5.32 Å². The molecular weight excluding hydrogens is 560 g/mol. The fourth-order valence-corrected chi connectivity index (χ4v) is 6.35. The second-order valence-corrected chi connectivity index (χ2v) is 11.4. The maximum absolute atomic E-state index is 13.3. The van der Waals surface area contributed by atoms with E-state index in [0.29, 0.717) is 59.3 Å². The number of nitrogens with one attached hydrogen (secondary N) is 1. The summed E-state index contributed by atoms with van der Waals surface area (Å²) in [6.45, 7) is 9.78. The average molecular weight is 595 g/mol. The number of nitro groups is 1. The number of non-ortho nitro benzene ring substituents is 1. The molecule has 38 heavy (non-hydrogen) atoms. The molecule has 4 unspecified atom stereocenters. The Balaban J connectivity index is 1.97. The molecule has 1 aromatic rings. The van der Waals surface area contributed by atoms with Gasteiger partial charge in [-0.15, -0.1) is 0 Å². The number of rotatable bonds is 8. The van der Waals surface area contributed by atoms with E-state index in [0.717, 1.165) is 6.42 Å². The number of hydrogen-bond acceptors (Lipinski definition) is 8. The molecule has 1 saturated carbocycles. The third kappa shape index (κ3) is 6.86. The van der Waals surface area contributed by atoms with E-state index in [1.165, 1.54) is 18.2 Å². The first-order valence-electron chi connectivity index (χ1n) is 12.7. The third-order valence-corrected chi connectivity index (χ3v) is 7.69. The lowest BCUT2D eigenvalue weighted by Gasteiger charge is -2.44. The lowest BCUT2D eigenvalue weighted by molar-refractivity contribution is -0.384. The number of hydrogen-bond donors (Lipinski definition) is 2. The van der Waals surface area contributed by atoms with Crippen molar-refractivity contribution in [2.45, 2.75) is 71.8 Å². The van der Waals surface area contributed by atoms with Gasteiger partial charge in [-0.05, 0) is 62.8 Å². The van der Waals surface area contributed by atoms with Crippen LogP contribution in [0.15, 0.2) is 47.2 Å². The number of dihydropyridines is 1. The summed E-state index contributed by atoms with van der Waals surface area (Å²) in [5.41, 5.74) is 0.232. The molecule has 0 amide bonds. The molecule has 1 aliphatic carbocycles. The van der Waals surface area contributed by atoms with Crippen LogP contribution >= 0.6 is 15.9 Å². The molecule has 2 aliphatic rings. The lowest BCUT2D eigenvalue weighted by atomic mass is 9.68. The Bertz CT molecular complexity index is 1150. The molecule has 0 saturated heterocycles. The molecule has 0 aromatic heterocycles. The monoisotopic (exact) mass is 594 g/mol. The predicted molar refractivity (Wildman–Crippen MR) is 144 cm³/mol. The summed E-state index contributed by atoms with van der Waals surface area (Å²) in [7, 11) is 0. The van der Waals surface area contributed by atoms with Gasteiger partial charge in [0, 0.05) is 17.5 Å². The van der Waals surface area contributed by atoms with Gasteiger partial charge in [0.1, 0.15) is 23.0 Å². The average Bonchev–Trinajstić information content (AvgIpc) is 2.81. The Hall–Kier alpha value is -3.08. The zero-order chi connectivity index (χ0) is 28.2. The summed E-state index contributed by atoms with van der Waals surface area (Å²) in [4.78, 5) is 35.8. The van der Waals surface area contributed by atoms with Crippen LogP contribution in [0.3, 0.4) is 0 Å². The van der Waals surface area contributed by atoms with Crippen molar-refractivity contribution in [3.63, 3.8) is 0 Å². The van der Waals surface area contributed by atoms with E-state index in [1.54, 1.807) is 19.9 Å². The van der Waals surface area contributed by atoms with Crippen LogP contribution in [0.1, 0.15) is 71.8 Å². The number of ether oxygens (including phenoxy) is 3. The molecule has 0 spiro atoms. The Morgan fingerprint density at radius 3 is 2.45 bits per heavy atom. The summed E-state index contributed by atoms with van der Waals surface area (Å²) in [5, 5.41) is 24.5. The minimum Gasteiger partial charge on any atom is -0.449 e. The van der Waals surface area contributed by atoms with Gasteiger partial charge in [0.2, 0.25) is 0 Å². The van der Waals surface area contributed by atoms with E-state index < -0.39 is 28.8 Å². The highest BCUT2D eigenvalue weighted by molar-refractivity contribution is 9.09. The number of allylic oxidation sites excluding steroid dienone is 2. The van der Waals surface area contributed by atoms with E-state index in [1.807, 2.05) is 0 Å². The first-order chi connectivity index (χ1) is 17.9. The SMILES string of the molecule is CC1=C(OC(=O)O)C(c2cccc([N+](=O)[O-])c2)C(OC(=O)OC2(CCBr)CC(C)CC(C(C)C)C2)=C(C)N1. The van der Waals surface area contributed by atoms with Gasteiger partial charge in [0.15, 0.2) is 0 Å². The van der Waals surface area contributed by atoms with Crippen LogP contribution in [0.2, 0.25) is 0 Å². The van der Waals surface area contributed by atoms with E-state index >= 15 is 0 Å². The van der Waals surface area contributed by atoms with Crippen LogP contribution in [0.25, 0.3) is 0 Å². The number of nitrogens with zero attached hydrogens (tertiary/aromatic N) is 1. The minimum absolute atomic E-state index is 0.0484. The molecule has 1 heterocycles. The largest absolute Gasteiger partial charge is 0.514 e. The second-order valence-electron chi connectivity index (χ2n) is 10.6. The fourth-order valence-electron chi connectivity index (χ4n) is 5.63. The van der Waals surface area contributed by atoms with Crippen molar-refractivity contribution in [1.29, 1.82) is 0 Å². The maximum Gasteiger partial charge on any atom is 0.514 e. The van der Waals surface area contributed by atoms with Gasteiger partial charge < -0.3 is 24.6 Å². The number of carboxylic acid groups (broad SMARTS) is 1. The normalized spacial score (nSPS) is 25.6. The molecule has 10 nitrogen and oxygen atoms in total. The van der Waals surface area contributed by atoms with Crippen molar-refractivity contribution in [3.05, 3.63) is 62.9 Å². The van der Waals surface area contributed by atoms with Crippen molar-refractivity contribution in [3.8, 4) is 0 Å². The van der Waals surface area contributed by atoms with Crippen LogP contribution in [-0.4, -0.2) is 33.3 Å². The van der Waals surface area contributed by atoms with Crippen LogP contribution in [-0.2, 0) is 14.2 Å². The van der Waals surface area contributed by atoms with E-state index in [9.17, 15) is 24.8 Å². The van der Waals surface area contributed by atoms with E-state index in [-0.39, 0.29) is 17.2 Å². The molecule has 3 rings (SSSR count). The molecule has 208 valence electrons. The smallest absolute Gasteiger partial charge is 0.449 e. The van der Waals surface area contributed by atoms with Crippen LogP contribution in [0.4, 0.5) is 15.3 Å². The fraction of sp³-hybridized carbons (Fsp3) is 0.556. The van der Waals surface area contributed by atoms with Crippen molar-refractivity contribution >= 4 is 33.9 Å². The standard InChI is InChI=1S/C27H35BrN2O8/c1-15(2)20-11-16(3)13-27(14-20,9-10-28)38-26(33)37-24-18(5)29-17(4)23(36-25(31)32)22(24)19-7-6-8-21(12-19)30(34)35/h6-8,12,15-16,20,22,29H,9-11,13-14H2,1-5H3,(H,31,32). The van der Waals surface area contributed by atoms with Crippen molar-refractivity contribution in [2.75, 3.05) is 5.33 Å². The summed E-state index contributed by atoms with van der Waals surface area (Å²) in [6, 6.07) is 5.70. The van der Waals surface area contributed by atoms with E-state index in [2.05, 4.69) is 42.0 Å². The summed E-state index contributed by atoms with van der Waals surface area (Å²) < 4.78 is 17.0. The van der Waals surface area contributed by atoms with Crippen LogP contribution in [0, 0.1) is 27.9 Å². The molecule has 1 aliphatic heterocycles. The topological polar surface area (TPSA) is 137 Å². The first kappa shape index (κ1) is 29.5. The molecule has 4 atom stereocenters. The molecular formula is C27H35BrN2O8. The lowest BCUT2D eigenvalue weighted by Crippen LogP contribution is -2.44. The number of benzene rings is 1. The number of nitro benzene ring substituents is 1. The van der Waals surface area contributed by atoms with Gasteiger partial charge >= 0.3 is 12.3 Å². The van der Waals surface area contributed by atoms with Crippen molar-refractivity contribution < 1.29 is 33.8 Å². The number of alkyl halides is 1. The minimum atomic E-state index is -1.56. The predicted octanol–water partition coefficient (Wildman–Crippen LogP) is 7.21. The molecule has 0 bridgehead atoms. The zero-order valence-corrected chi connectivity index (χ0v) is 23.9. The summed E-state index contributed by atoms with van der Waals surface area (Å²) in [5.74, 6) is 0.159. The number of halogens is 1. The van der Waals surface area contributed by atoms with Crippen LogP contribution in [0.5, 0.6) is 0 Å². The molecule has 1 fully saturated rings. The Morgan fingerprint density at radius 1 is 1.21 bits per heavy atom. The highest BCUT2D eigenvalue weighted by Gasteiger charge is 2.44. The molecule has 2 N–H and O–H groups in total. The number of carbonyl (C=O) groups excluding carboxylic acids is 1. The van der Waals surface area contributed by atoms with Crippen molar-refractivity contribution in [1.82, 2.24) is 5.32 Å². The van der Waals surface area contributed by atoms with Gasteiger partial charge in [-0.25, -0.2) is 9.59 Å². The molecule has 0 radical (unpaired) electrons. The van der Waals surface area contributed by atoms with E-state index in [4.69, 9.17) is 14.2 Å². The second kappa shape index (κ2) is 12.2. The van der Waals surface area contributed by atoms with Gasteiger partial charge in [-0.2, -0.15) is 0 Å². The maximum atomic E-state index is 13.3. The van der Waals surface area contributed by atoms with Gasteiger partial charge in [-0.1, -0.05) is 48.8 Å². The summed E-state index contributed by atoms with van der Waals surface area (Å²) in [6.07, 6.45) is 0.615. The van der Waals surface area contributed by atoms with Gasteiger partial charge in [0.05, 0.1) is 16.3 Å². The first-order valence-corrected chi connectivity index (χ1v) is 13.8. The summed E-state index contributed by atoms with van der Waals surface area (Å²) >= 11 is 3.51. The van der Waals surface area contributed by atoms with Gasteiger partial charge in [0.25, 0.3) is 5.69 Å². The number of carbonyl (C=O) groups is 2. The van der Waals surface area contributed by atoms with Crippen molar-refractivity contribution in [2.24, 2.45) is 17.8 Å². The highest BCUT2D eigenvalue weighted by atomic mass is 79.9. The Kier molecular flexibility index (Phi) is 9.45. The Morgan fingerprint density at radius 2 is 1.87 bits per heavy atom. The highest BCUT2D eigenvalue weighted by Crippen LogP contribution is 2.45. The van der Waals surface area contributed by atoms with Gasteiger partial charge in [-0.3, -0.25) is 10.1 Å². The quantitative estimate of drug-likeness (QED) is 0.138. The molecule has 1 aromatic carbocycles. The zero-order valence-electron chi connectivity index (χ0n) is 22.3. The molecule has 11 heteroatoms.